The molecule has 0 N–H and O–H groups in total. The highest BCUT2D eigenvalue weighted by atomic mass is 16.2. The summed E-state index contributed by atoms with van der Waals surface area (Å²) in [4.78, 5) is 19.2. The number of hydrogen-bond acceptors (Lipinski definition) is 2. The molecule has 1 aromatic heterocycles. The van der Waals surface area contributed by atoms with Crippen molar-refractivity contribution in [1.82, 2.24) is 9.88 Å². The van der Waals surface area contributed by atoms with Gasteiger partial charge in [0.1, 0.15) is 0 Å². The Kier molecular flexibility index (Phi) is 3.08. The van der Waals surface area contributed by atoms with Crippen molar-refractivity contribution >= 4 is 5.91 Å². The molecule has 0 radical (unpaired) electrons. The van der Waals surface area contributed by atoms with E-state index >= 15 is 0 Å². The summed E-state index contributed by atoms with van der Waals surface area (Å²) in [6, 6.07) is 2.05. The van der Waals surface area contributed by atoms with Gasteiger partial charge < -0.3 is 4.90 Å². The van der Waals surface area contributed by atoms with E-state index in [1.165, 1.54) is 24.1 Å². The van der Waals surface area contributed by atoms with Gasteiger partial charge in [-0.3, -0.25) is 9.78 Å². The van der Waals surface area contributed by atoms with E-state index in [2.05, 4.69) is 13.8 Å². The summed E-state index contributed by atoms with van der Waals surface area (Å²) >= 11 is 0. The fourth-order valence-corrected chi connectivity index (χ4v) is 2.81. The van der Waals surface area contributed by atoms with Crippen LogP contribution in [-0.2, 0) is 6.54 Å². The Balaban J connectivity index is 2.08. The maximum Gasteiger partial charge on any atom is 0.254 e. The molecule has 0 saturated heterocycles. The van der Waals surface area contributed by atoms with Gasteiger partial charge in [0.05, 0.1) is 0 Å². The lowest BCUT2D eigenvalue weighted by atomic mass is 9.98. The van der Waals surface area contributed by atoms with E-state index in [4.69, 9.17) is 4.98 Å². The lowest BCUT2D eigenvalue weighted by Crippen LogP contribution is -2.23. The number of carbonyl (C=O) groups excluding carboxylic acids is 1. The van der Waals surface area contributed by atoms with E-state index in [-0.39, 0.29) is 5.91 Å². The minimum Gasteiger partial charge on any atom is -0.334 e. The van der Waals surface area contributed by atoms with E-state index in [0.717, 1.165) is 30.8 Å². The van der Waals surface area contributed by atoms with Gasteiger partial charge in [-0.25, -0.2) is 0 Å². The Bertz CT molecular complexity index is 520. The van der Waals surface area contributed by atoms with E-state index in [9.17, 15) is 4.79 Å². The van der Waals surface area contributed by atoms with Gasteiger partial charge in [-0.15, -0.1) is 0 Å². The highest BCUT2D eigenvalue weighted by Gasteiger charge is 2.36. The highest BCUT2D eigenvalue weighted by molar-refractivity contribution is 5.98. The number of pyridine rings is 1. The molecule has 2 aliphatic rings. The summed E-state index contributed by atoms with van der Waals surface area (Å²) < 4.78 is 0. The van der Waals surface area contributed by atoms with Gasteiger partial charge in [0, 0.05) is 41.5 Å². The Morgan fingerprint density at radius 1 is 1.42 bits per heavy atom. The van der Waals surface area contributed by atoms with Crippen LogP contribution in [0.1, 0.15) is 79.2 Å². The Morgan fingerprint density at radius 3 is 2.74 bits per heavy atom. The van der Waals surface area contributed by atoms with Crippen molar-refractivity contribution in [3.63, 3.8) is 0 Å². The van der Waals surface area contributed by atoms with Crippen LogP contribution in [-0.4, -0.2) is 22.3 Å². The van der Waals surface area contributed by atoms with Crippen LogP contribution in [0, 0.1) is 0 Å². The lowest BCUT2D eigenvalue weighted by molar-refractivity contribution is 0.0787. The van der Waals surface area contributed by atoms with Crippen molar-refractivity contribution in [1.29, 1.82) is 0 Å². The molecule has 0 aromatic carbocycles. The van der Waals surface area contributed by atoms with Crippen LogP contribution in [0.15, 0.2) is 6.07 Å². The molecule has 3 heteroatoms. The molecule has 1 atom stereocenters. The molecular weight excluding hydrogens is 236 g/mol. The van der Waals surface area contributed by atoms with Crippen molar-refractivity contribution in [2.45, 2.75) is 58.4 Å². The quantitative estimate of drug-likeness (QED) is 0.828. The second kappa shape index (κ2) is 4.62. The van der Waals surface area contributed by atoms with E-state index < -0.39 is 0 Å². The summed E-state index contributed by atoms with van der Waals surface area (Å²) in [6.07, 6.45) is 3.55. The number of amides is 1. The maximum atomic E-state index is 12.4. The second-order valence-electron chi connectivity index (χ2n) is 5.86. The first-order valence-electron chi connectivity index (χ1n) is 7.48. The SMILES string of the molecule is CCC(C)c1cc2c(c(C3CC3)n1)CN(CC)C2=O. The fourth-order valence-electron chi connectivity index (χ4n) is 2.81. The Hall–Kier alpha value is -1.38. The Morgan fingerprint density at radius 2 is 2.16 bits per heavy atom. The van der Waals surface area contributed by atoms with Crippen molar-refractivity contribution < 1.29 is 4.79 Å². The third-order valence-electron chi connectivity index (χ3n) is 4.51. The zero-order chi connectivity index (χ0) is 13.6. The molecule has 102 valence electrons. The first kappa shape index (κ1) is 12.6. The van der Waals surface area contributed by atoms with Gasteiger partial charge in [-0.1, -0.05) is 13.8 Å². The number of hydrogen-bond donors (Lipinski definition) is 0. The molecule has 2 heterocycles. The van der Waals surface area contributed by atoms with Crippen LogP contribution in [0.5, 0.6) is 0 Å². The van der Waals surface area contributed by atoms with Crippen molar-refractivity contribution in [2.75, 3.05) is 6.54 Å². The van der Waals surface area contributed by atoms with Crippen molar-refractivity contribution in [3.05, 3.63) is 28.6 Å². The number of carbonyl (C=O) groups is 1. The van der Waals surface area contributed by atoms with E-state index in [1.54, 1.807) is 0 Å². The topological polar surface area (TPSA) is 33.2 Å². The van der Waals surface area contributed by atoms with E-state index in [1.807, 2.05) is 17.9 Å². The summed E-state index contributed by atoms with van der Waals surface area (Å²) in [5.41, 5.74) is 4.46. The van der Waals surface area contributed by atoms with Crippen LogP contribution in [0.3, 0.4) is 0 Å². The second-order valence-corrected chi connectivity index (χ2v) is 5.86. The molecule has 3 rings (SSSR count). The number of nitrogens with zero attached hydrogens (tertiary/aromatic N) is 2. The summed E-state index contributed by atoms with van der Waals surface area (Å²) in [7, 11) is 0. The van der Waals surface area contributed by atoms with Gasteiger partial charge in [-0.2, -0.15) is 0 Å². The minimum absolute atomic E-state index is 0.200. The van der Waals surface area contributed by atoms with Gasteiger partial charge >= 0.3 is 0 Å². The molecule has 0 bridgehead atoms. The number of fused-ring (bicyclic) bond motifs is 1. The normalized spacial score (nSPS) is 19.7. The van der Waals surface area contributed by atoms with Crippen molar-refractivity contribution in [3.8, 4) is 0 Å². The van der Waals surface area contributed by atoms with Gasteiger partial charge in [0.15, 0.2) is 0 Å². The van der Waals surface area contributed by atoms with Gasteiger partial charge in [-0.05, 0) is 38.2 Å². The fraction of sp³-hybridized carbons (Fsp3) is 0.625. The molecule has 1 aliphatic heterocycles. The Labute approximate surface area is 115 Å². The molecule has 1 amide bonds. The highest BCUT2D eigenvalue weighted by Crippen LogP contribution is 2.43. The van der Waals surface area contributed by atoms with Crippen LogP contribution < -0.4 is 0 Å². The van der Waals surface area contributed by atoms with Crippen LogP contribution in [0.2, 0.25) is 0 Å². The monoisotopic (exact) mass is 258 g/mol. The van der Waals surface area contributed by atoms with Crippen LogP contribution in [0.4, 0.5) is 0 Å². The predicted octanol–water partition coefficient (Wildman–Crippen LogP) is 3.45. The van der Waals surface area contributed by atoms with Gasteiger partial charge in [0.2, 0.25) is 0 Å². The molecule has 1 unspecified atom stereocenters. The molecule has 0 spiro atoms. The first-order chi connectivity index (χ1) is 9.15. The number of rotatable bonds is 4. The minimum atomic E-state index is 0.200. The average molecular weight is 258 g/mol. The molecule has 1 saturated carbocycles. The standard InChI is InChI=1S/C16H22N2O/c1-4-10(3)14-8-12-13(9-18(5-2)16(12)19)15(17-14)11-6-7-11/h8,10-11H,4-7,9H2,1-3H3. The molecule has 1 fully saturated rings. The molecular formula is C16H22N2O. The maximum absolute atomic E-state index is 12.4. The van der Waals surface area contributed by atoms with Crippen LogP contribution in [0.25, 0.3) is 0 Å². The predicted molar refractivity (Wildman–Crippen MR) is 75.3 cm³/mol. The summed E-state index contributed by atoms with van der Waals surface area (Å²) in [6.45, 7) is 7.98. The van der Waals surface area contributed by atoms with E-state index in [0.29, 0.717) is 11.8 Å². The zero-order valence-electron chi connectivity index (χ0n) is 12.1. The summed E-state index contributed by atoms with van der Waals surface area (Å²) in [5.74, 6) is 1.25. The third-order valence-corrected chi connectivity index (χ3v) is 4.51. The smallest absolute Gasteiger partial charge is 0.254 e. The largest absolute Gasteiger partial charge is 0.334 e. The number of aromatic nitrogens is 1. The zero-order valence-corrected chi connectivity index (χ0v) is 12.1. The molecule has 3 nitrogen and oxygen atoms in total. The van der Waals surface area contributed by atoms with Crippen molar-refractivity contribution in [2.24, 2.45) is 0 Å². The molecule has 1 aliphatic carbocycles. The lowest BCUT2D eigenvalue weighted by Gasteiger charge is -2.13. The average Bonchev–Trinajstić information content (AvgIpc) is 3.22. The van der Waals surface area contributed by atoms with Gasteiger partial charge in [0.25, 0.3) is 5.91 Å². The first-order valence-corrected chi connectivity index (χ1v) is 7.48. The summed E-state index contributed by atoms with van der Waals surface area (Å²) in [5, 5.41) is 0. The molecule has 19 heavy (non-hydrogen) atoms. The third kappa shape index (κ3) is 2.05. The van der Waals surface area contributed by atoms with Crippen LogP contribution >= 0.6 is 0 Å². The molecule has 1 aromatic rings.